The Morgan fingerprint density at radius 3 is 2.67 bits per heavy atom. The third-order valence-corrected chi connectivity index (χ3v) is 4.29. The Balaban J connectivity index is 1.73. The Bertz CT molecular complexity index is 666. The van der Waals surface area contributed by atoms with E-state index >= 15 is 0 Å². The van der Waals surface area contributed by atoms with Crippen LogP contribution in [0.1, 0.15) is 12.5 Å². The van der Waals surface area contributed by atoms with Crippen molar-refractivity contribution in [2.75, 3.05) is 26.2 Å². The number of piperazine rings is 1. The number of hydrogen-bond acceptors (Lipinski definition) is 3. The second kappa shape index (κ2) is 6.00. The molecule has 2 heterocycles. The Hall–Kier alpha value is -1.65. The van der Waals surface area contributed by atoms with E-state index in [1.165, 1.54) is 0 Å². The summed E-state index contributed by atoms with van der Waals surface area (Å²) in [6, 6.07) is 10.1. The van der Waals surface area contributed by atoms with Crippen molar-refractivity contribution in [1.82, 2.24) is 14.8 Å². The molecule has 0 bridgehead atoms. The summed E-state index contributed by atoms with van der Waals surface area (Å²) >= 11 is 6.30. The fourth-order valence-electron chi connectivity index (χ4n) is 2.71. The molecule has 1 fully saturated rings. The first kappa shape index (κ1) is 14.3. The molecule has 0 saturated carbocycles. The Morgan fingerprint density at radius 2 is 1.95 bits per heavy atom. The van der Waals surface area contributed by atoms with Gasteiger partial charge in [0.05, 0.1) is 5.52 Å². The maximum Gasteiger partial charge on any atom is 0.219 e. The van der Waals surface area contributed by atoms with Gasteiger partial charge in [-0.1, -0.05) is 29.8 Å². The molecule has 0 aliphatic carbocycles. The fourth-order valence-corrected chi connectivity index (χ4v) is 2.91. The molecule has 4 nitrogen and oxygen atoms in total. The highest BCUT2D eigenvalue weighted by Gasteiger charge is 2.19. The van der Waals surface area contributed by atoms with Gasteiger partial charge in [0.25, 0.3) is 0 Å². The molecule has 2 aromatic rings. The first-order valence-corrected chi connectivity index (χ1v) is 7.53. The van der Waals surface area contributed by atoms with Crippen LogP contribution in [-0.4, -0.2) is 46.9 Å². The number of nitrogens with zero attached hydrogens (tertiary/aromatic N) is 3. The molecule has 21 heavy (non-hydrogen) atoms. The first-order chi connectivity index (χ1) is 10.1. The molecule has 3 rings (SSSR count). The molecule has 0 radical (unpaired) electrons. The van der Waals surface area contributed by atoms with Gasteiger partial charge >= 0.3 is 0 Å². The summed E-state index contributed by atoms with van der Waals surface area (Å²) in [5.74, 6) is 0.153. The van der Waals surface area contributed by atoms with E-state index in [2.05, 4.69) is 22.0 Å². The summed E-state index contributed by atoms with van der Waals surface area (Å²) in [5, 5.41) is 1.68. The van der Waals surface area contributed by atoms with Crippen LogP contribution >= 0.6 is 11.6 Å². The van der Waals surface area contributed by atoms with E-state index < -0.39 is 0 Å². The number of amides is 1. The normalized spacial score (nSPS) is 16.4. The minimum Gasteiger partial charge on any atom is -0.340 e. The molecular formula is C16H18ClN3O. The van der Waals surface area contributed by atoms with Crippen LogP contribution in [0.3, 0.4) is 0 Å². The lowest BCUT2D eigenvalue weighted by molar-refractivity contribution is -0.130. The lowest BCUT2D eigenvalue weighted by Crippen LogP contribution is -2.47. The molecule has 0 atom stereocenters. The van der Waals surface area contributed by atoms with E-state index in [4.69, 9.17) is 11.6 Å². The predicted molar refractivity (Wildman–Crippen MR) is 84.3 cm³/mol. The molecule has 5 heteroatoms. The number of carbonyl (C=O) groups is 1. The van der Waals surface area contributed by atoms with Crippen LogP contribution in [0.5, 0.6) is 0 Å². The maximum absolute atomic E-state index is 11.3. The number of hydrogen-bond donors (Lipinski definition) is 0. The zero-order valence-corrected chi connectivity index (χ0v) is 12.8. The Kier molecular flexibility index (Phi) is 4.08. The summed E-state index contributed by atoms with van der Waals surface area (Å²) in [6.45, 7) is 5.73. The van der Waals surface area contributed by atoms with Gasteiger partial charge in [0.15, 0.2) is 0 Å². The second-order valence-electron chi connectivity index (χ2n) is 5.41. The van der Waals surface area contributed by atoms with Crippen LogP contribution in [0.15, 0.2) is 30.3 Å². The quantitative estimate of drug-likeness (QED) is 0.800. The molecule has 1 aromatic heterocycles. The number of aromatic nitrogens is 1. The molecule has 110 valence electrons. The molecule has 0 N–H and O–H groups in total. The predicted octanol–water partition coefficient (Wildman–Crippen LogP) is 2.55. The number of para-hydroxylation sites is 1. The average molecular weight is 304 g/mol. The minimum absolute atomic E-state index is 0.153. The van der Waals surface area contributed by atoms with Gasteiger partial charge in [-0.25, -0.2) is 4.98 Å². The van der Waals surface area contributed by atoms with Crippen molar-refractivity contribution < 1.29 is 4.79 Å². The van der Waals surface area contributed by atoms with Gasteiger partial charge in [-0.05, 0) is 12.1 Å². The lowest BCUT2D eigenvalue weighted by Gasteiger charge is -2.34. The smallest absolute Gasteiger partial charge is 0.219 e. The topological polar surface area (TPSA) is 36.4 Å². The van der Waals surface area contributed by atoms with Crippen molar-refractivity contribution in [1.29, 1.82) is 0 Å². The number of benzene rings is 1. The lowest BCUT2D eigenvalue weighted by atomic mass is 10.1. The highest BCUT2D eigenvalue weighted by Crippen LogP contribution is 2.22. The molecule has 1 aromatic carbocycles. The van der Waals surface area contributed by atoms with Crippen molar-refractivity contribution >= 4 is 28.4 Å². The molecule has 0 unspecified atom stereocenters. The molecular weight excluding hydrogens is 286 g/mol. The summed E-state index contributed by atoms with van der Waals surface area (Å²) in [5.41, 5.74) is 1.97. The average Bonchev–Trinajstić information content (AvgIpc) is 2.48. The van der Waals surface area contributed by atoms with Gasteiger partial charge in [-0.15, -0.1) is 0 Å². The van der Waals surface area contributed by atoms with Crippen LogP contribution < -0.4 is 0 Å². The SMILES string of the molecule is CC(=O)N1CCN(Cc2cc3ccccc3nc2Cl)CC1. The zero-order valence-electron chi connectivity index (χ0n) is 12.1. The van der Waals surface area contributed by atoms with E-state index in [-0.39, 0.29) is 5.91 Å². The number of rotatable bonds is 2. The molecule has 1 aliphatic rings. The van der Waals surface area contributed by atoms with Crippen LogP contribution in [-0.2, 0) is 11.3 Å². The van der Waals surface area contributed by atoms with Crippen molar-refractivity contribution in [3.8, 4) is 0 Å². The van der Waals surface area contributed by atoms with Crippen molar-refractivity contribution in [2.24, 2.45) is 0 Å². The van der Waals surface area contributed by atoms with E-state index in [0.717, 1.165) is 49.2 Å². The van der Waals surface area contributed by atoms with Gasteiger partial charge in [0.2, 0.25) is 5.91 Å². The van der Waals surface area contributed by atoms with E-state index in [0.29, 0.717) is 5.15 Å². The monoisotopic (exact) mass is 303 g/mol. The van der Waals surface area contributed by atoms with Crippen LogP contribution in [0.25, 0.3) is 10.9 Å². The Morgan fingerprint density at radius 1 is 1.24 bits per heavy atom. The van der Waals surface area contributed by atoms with Gasteiger partial charge in [-0.3, -0.25) is 9.69 Å². The van der Waals surface area contributed by atoms with Gasteiger partial charge in [0.1, 0.15) is 5.15 Å². The molecule has 1 aliphatic heterocycles. The highest BCUT2D eigenvalue weighted by atomic mass is 35.5. The van der Waals surface area contributed by atoms with Crippen molar-refractivity contribution in [2.45, 2.75) is 13.5 Å². The number of pyridine rings is 1. The van der Waals surface area contributed by atoms with Gasteiger partial charge in [-0.2, -0.15) is 0 Å². The number of halogens is 1. The summed E-state index contributed by atoms with van der Waals surface area (Å²) in [7, 11) is 0. The van der Waals surface area contributed by atoms with Gasteiger partial charge in [0, 0.05) is 50.6 Å². The molecule has 0 spiro atoms. The minimum atomic E-state index is 0.153. The van der Waals surface area contributed by atoms with Gasteiger partial charge < -0.3 is 4.90 Å². The Labute approximate surface area is 129 Å². The molecule has 1 saturated heterocycles. The van der Waals surface area contributed by atoms with E-state index in [1.807, 2.05) is 23.1 Å². The van der Waals surface area contributed by atoms with E-state index in [9.17, 15) is 4.79 Å². The zero-order chi connectivity index (χ0) is 14.8. The summed E-state index contributed by atoms with van der Waals surface area (Å²) in [4.78, 5) is 20.0. The van der Waals surface area contributed by atoms with Crippen molar-refractivity contribution in [3.63, 3.8) is 0 Å². The first-order valence-electron chi connectivity index (χ1n) is 7.15. The third-order valence-electron chi connectivity index (χ3n) is 3.96. The maximum atomic E-state index is 11.3. The fraction of sp³-hybridized carbons (Fsp3) is 0.375. The largest absolute Gasteiger partial charge is 0.340 e. The summed E-state index contributed by atoms with van der Waals surface area (Å²) < 4.78 is 0. The highest BCUT2D eigenvalue weighted by molar-refractivity contribution is 6.30. The van der Waals surface area contributed by atoms with Crippen LogP contribution in [0.2, 0.25) is 5.15 Å². The molecule has 1 amide bonds. The third kappa shape index (κ3) is 3.17. The second-order valence-corrected chi connectivity index (χ2v) is 5.77. The number of carbonyl (C=O) groups excluding carboxylic acids is 1. The van der Waals surface area contributed by atoms with Crippen LogP contribution in [0.4, 0.5) is 0 Å². The summed E-state index contributed by atoms with van der Waals surface area (Å²) in [6.07, 6.45) is 0. The van der Waals surface area contributed by atoms with E-state index in [1.54, 1.807) is 6.92 Å². The standard InChI is InChI=1S/C16H18ClN3O/c1-12(21)20-8-6-19(7-9-20)11-14-10-13-4-2-3-5-15(13)18-16(14)17/h2-5,10H,6-9,11H2,1H3. The number of fused-ring (bicyclic) bond motifs is 1. The van der Waals surface area contributed by atoms with Crippen LogP contribution in [0, 0.1) is 0 Å². The van der Waals surface area contributed by atoms with Crippen molar-refractivity contribution in [3.05, 3.63) is 41.0 Å².